The van der Waals surface area contributed by atoms with Crippen LogP contribution in [0.15, 0.2) is 71.7 Å². The Labute approximate surface area is 232 Å². The standard InChI is InChI=1S/C28H24F3N3O5S/c1-2-37-21-8-4-7-20(13-21)32-26(36)24-14-25(35)34(15-17-9-10-22-23(11-17)39-16-38-22)27(40-24)33-19-6-3-5-18(12-19)28(29,30)31/h3-13,24H,2,14-16H2,1H3,(H,32,36). The molecule has 40 heavy (non-hydrogen) atoms. The molecule has 0 aliphatic carbocycles. The molecule has 1 saturated heterocycles. The molecule has 0 spiro atoms. The third-order valence-electron chi connectivity index (χ3n) is 6.02. The highest BCUT2D eigenvalue weighted by Gasteiger charge is 2.37. The maximum Gasteiger partial charge on any atom is 0.416 e. The smallest absolute Gasteiger partial charge is 0.416 e. The molecule has 0 bridgehead atoms. The molecule has 0 radical (unpaired) electrons. The first-order chi connectivity index (χ1) is 19.2. The number of carbonyl (C=O) groups is 2. The van der Waals surface area contributed by atoms with Crippen molar-refractivity contribution in [1.82, 2.24) is 4.90 Å². The van der Waals surface area contributed by atoms with Gasteiger partial charge in [-0.2, -0.15) is 13.2 Å². The van der Waals surface area contributed by atoms with Crippen molar-refractivity contribution in [3.63, 3.8) is 0 Å². The summed E-state index contributed by atoms with van der Waals surface area (Å²) in [5.74, 6) is 0.842. The lowest BCUT2D eigenvalue weighted by molar-refractivity contribution is -0.137. The van der Waals surface area contributed by atoms with E-state index in [1.807, 2.05) is 6.92 Å². The zero-order valence-electron chi connectivity index (χ0n) is 21.2. The van der Waals surface area contributed by atoms with Crippen LogP contribution in [0.25, 0.3) is 0 Å². The fraction of sp³-hybridized carbons (Fsp3) is 0.250. The number of amides is 2. The molecule has 1 N–H and O–H groups in total. The molecule has 208 valence electrons. The number of alkyl halides is 3. The van der Waals surface area contributed by atoms with Gasteiger partial charge in [-0.1, -0.05) is 30.0 Å². The zero-order chi connectivity index (χ0) is 28.3. The molecule has 1 unspecified atom stereocenters. The SMILES string of the molecule is CCOc1cccc(NC(=O)C2CC(=O)N(Cc3ccc4c(c3)OCO4)C(=Nc3cccc(C(F)(F)F)c3)S2)c1. The molecule has 1 fully saturated rings. The van der Waals surface area contributed by atoms with E-state index in [9.17, 15) is 22.8 Å². The van der Waals surface area contributed by atoms with Gasteiger partial charge in [-0.3, -0.25) is 14.5 Å². The second kappa shape index (κ2) is 11.5. The normalized spacial score (nSPS) is 17.7. The quantitative estimate of drug-likeness (QED) is 0.375. The van der Waals surface area contributed by atoms with Crippen LogP contribution in [0.3, 0.4) is 0 Å². The number of nitrogens with one attached hydrogen (secondary N) is 1. The van der Waals surface area contributed by atoms with Crippen LogP contribution in [0.4, 0.5) is 24.5 Å². The largest absolute Gasteiger partial charge is 0.494 e. The molecular weight excluding hydrogens is 547 g/mol. The molecule has 3 aromatic rings. The molecule has 2 aliphatic rings. The number of aliphatic imine (C=N–C) groups is 1. The van der Waals surface area contributed by atoms with E-state index in [0.29, 0.717) is 35.1 Å². The maximum absolute atomic E-state index is 13.4. The molecule has 5 rings (SSSR count). The van der Waals surface area contributed by atoms with Crippen molar-refractivity contribution >= 4 is 40.1 Å². The van der Waals surface area contributed by atoms with Gasteiger partial charge >= 0.3 is 6.18 Å². The van der Waals surface area contributed by atoms with Crippen molar-refractivity contribution in [2.45, 2.75) is 31.3 Å². The molecule has 1 atom stereocenters. The van der Waals surface area contributed by atoms with Crippen LogP contribution in [-0.4, -0.2) is 40.5 Å². The average Bonchev–Trinajstić information content (AvgIpc) is 3.38. The number of thioether (sulfide) groups is 1. The molecule has 2 aliphatic heterocycles. The van der Waals surface area contributed by atoms with Crippen LogP contribution in [-0.2, 0) is 22.3 Å². The average molecular weight is 572 g/mol. The minimum atomic E-state index is -4.56. The van der Waals surface area contributed by atoms with Crippen LogP contribution in [0.5, 0.6) is 17.2 Å². The van der Waals surface area contributed by atoms with Gasteiger partial charge in [0.2, 0.25) is 18.6 Å². The van der Waals surface area contributed by atoms with Crippen LogP contribution >= 0.6 is 11.8 Å². The Kier molecular flexibility index (Phi) is 7.88. The molecular formula is C28H24F3N3O5S. The fourth-order valence-corrected chi connectivity index (χ4v) is 5.23. The Balaban J connectivity index is 1.42. The van der Waals surface area contributed by atoms with Crippen molar-refractivity contribution in [3.05, 3.63) is 77.9 Å². The zero-order valence-corrected chi connectivity index (χ0v) is 22.1. The molecule has 2 heterocycles. The van der Waals surface area contributed by atoms with Crippen LogP contribution in [0.1, 0.15) is 24.5 Å². The Bertz CT molecular complexity index is 1460. The molecule has 0 aromatic heterocycles. The van der Waals surface area contributed by atoms with E-state index in [4.69, 9.17) is 14.2 Å². The van der Waals surface area contributed by atoms with Gasteiger partial charge in [-0.25, -0.2) is 4.99 Å². The summed E-state index contributed by atoms with van der Waals surface area (Å²) in [6.07, 6.45) is -4.69. The summed E-state index contributed by atoms with van der Waals surface area (Å²) in [4.78, 5) is 32.3. The van der Waals surface area contributed by atoms with E-state index >= 15 is 0 Å². The molecule has 12 heteroatoms. The van der Waals surface area contributed by atoms with Crippen LogP contribution in [0, 0.1) is 0 Å². The highest BCUT2D eigenvalue weighted by molar-refractivity contribution is 8.15. The van der Waals surface area contributed by atoms with Gasteiger partial charge in [0.1, 0.15) is 11.0 Å². The Morgan fingerprint density at radius 1 is 1.10 bits per heavy atom. The van der Waals surface area contributed by atoms with E-state index in [0.717, 1.165) is 23.9 Å². The first-order valence-corrected chi connectivity index (χ1v) is 13.2. The number of amidine groups is 1. The van der Waals surface area contributed by atoms with E-state index < -0.39 is 28.8 Å². The van der Waals surface area contributed by atoms with Crippen molar-refractivity contribution in [1.29, 1.82) is 0 Å². The van der Waals surface area contributed by atoms with Crippen molar-refractivity contribution in [2.24, 2.45) is 4.99 Å². The maximum atomic E-state index is 13.4. The second-order valence-electron chi connectivity index (χ2n) is 8.87. The van der Waals surface area contributed by atoms with Gasteiger partial charge in [-0.05, 0) is 55.0 Å². The first-order valence-electron chi connectivity index (χ1n) is 12.3. The topological polar surface area (TPSA) is 89.5 Å². The van der Waals surface area contributed by atoms with Gasteiger partial charge < -0.3 is 19.5 Å². The summed E-state index contributed by atoms with van der Waals surface area (Å²) >= 11 is 1.01. The van der Waals surface area contributed by atoms with Gasteiger partial charge in [0.25, 0.3) is 0 Å². The van der Waals surface area contributed by atoms with Gasteiger partial charge in [0.05, 0.1) is 24.4 Å². The minimum Gasteiger partial charge on any atom is -0.494 e. The number of fused-ring (bicyclic) bond motifs is 1. The number of rotatable bonds is 7. The third-order valence-corrected chi connectivity index (χ3v) is 7.21. The number of anilines is 1. The number of benzene rings is 3. The monoisotopic (exact) mass is 571 g/mol. The molecule has 2 amide bonds. The molecule has 0 saturated carbocycles. The molecule has 3 aromatic carbocycles. The number of hydrogen-bond acceptors (Lipinski definition) is 7. The van der Waals surface area contributed by atoms with Crippen molar-refractivity contribution in [3.8, 4) is 17.2 Å². The van der Waals surface area contributed by atoms with Gasteiger partial charge in [-0.15, -0.1) is 0 Å². The summed E-state index contributed by atoms with van der Waals surface area (Å²) in [5, 5.41) is 2.04. The van der Waals surface area contributed by atoms with E-state index in [1.54, 1.807) is 42.5 Å². The summed E-state index contributed by atoms with van der Waals surface area (Å²) in [6, 6.07) is 16.6. The van der Waals surface area contributed by atoms with Gasteiger partial charge in [0.15, 0.2) is 16.7 Å². The van der Waals surface area contributed by atoms with E-state index in [-0.39, 0.29) is 30.6 Å². The predicted molar refractivity (Wildman–Crippen MR) is 144 cm³/mol. The third kappa shape index (κ3) is 6.33. The highest BCUT2D eigenvalue weighted by Crippen LogP contribution is 2.36. The fourth-order valence-electron chi connectivity index (χ4n) is 4.13. The summed E-state index contributed by atoms with van der Waals surface area (Å²) in [5.41, 5.74) is 0.326. The number of halogens is 3. The summed E-state index contributed by atoms with van der Waals surface area (Å²) < 4.78 is 56.2. The predicted octanol–water partition coefficient (Wildman–Crippen LogP) is 5.99. The Hall–Kier alpha value is -4.19. The molecule has 8 nitrogen and oxygen atoms in total. The highest BCUT2D eigenvalue weighted by atomic mass is 32.2. The van der Waals surface area contributed by atoms with Crippen molar-refractivity contribution in [2.75, 3.05) is 18.7 Å². The minimum absolute atomic E-state index is 0.00582. The Morgan fingerprint density at radius 2 is 1.90 bits per heavy atom. The number of ether oxygens (including phenoxy) is 3. The van der Waals surface area contributed by atoms with Gasteiger partial charge in [0, 0.05) is 18.2 Å². The number of carbonyl (C=O) groups excluding carboxylic acids is 2. The number of hydrogen-bond donors (Lipinski definition) is 1. The lowest BCUT2D eigenvalue weighted by atomic mass is 10.1. The van der Waals surface area contributed by atoms with Crippen molar-refractivity contribution < 1.29 is 37.0 Å². The second-order valence-corrected chi connectivity index (χ2v) is 10.0. The lowest BCUT2D eigenvalue weighted by Crippen LogP contribution is -2.44. The van der Waals surface area contributed by atoms with E-state index in [1.165, 1.54) is 17.0 Å². The summed E-state index contributed by atoms with van der Waals surface area (Å²) in [6.45, 7) is 2.46. The van der Waals surface area contributed by atoms with E-state index in [2.05, 4.69) is 10.3 Å². The Morgan fingerprint density at radius 3 is 2.70 bits per heavy atom. The number of nitrogens with zero attached hydrogens (tertiary/aromatic N) is 2. The van der Waals surface area contributed by atoms with Crippen LogP contribution in [0.2, 0.25) is 0 Å². The lowest BCUT2D eigenvalue weighted by Gasteiger charge is -2.32. The first kappa shape index (κ1) is 27.4. The van der Waals surface area contributed by atoms with Crippen LogP contribution < -0.4 is 19.5 Å². The summed E-state index contributed by atoms with van der Waals surface area (Å²) in [7, 11) is 0.